The van der Waals surface area contributed by atoms with Crippen molar-refractivity contribution in [2.45, 2.75) is 6.10 Å². The van der Waals surface area contributed by atoms with Gasteiger partial charge < -0.3 is 14.4 Å². The van der Waals surface area contributed by atoms with Crippen molar-refractivity contribution < 1.29 is 19.1 Å². The summed E-state index contributed by atoms with van der Waals surface area (Å²) in [7, 11) is 0. The molecule has 1 aromatic heterocycles. The van der Waals surface area contributed by atoms with E-state index in [1.807, 2.05) is 6.07 Å². The predicted molar refractivity (Wildman–Crippen MR) is 91.2 cm³/mol. The van der Waals surface area contributed by atoms with Crippen LogP contribution in [-0.2, 0) is 14.3 Å². The van der Waals surface area contributed by atoms with Gasteiger partial charge in [0, 0.05) is 24.8 Å². The van der Waals surface area contributed by atoms with Crippen LogP contribution in [0.15, 0.2) is 48.7 Å². The molecule has 0 aliphatic carbocycles. The first-order valence-corrected chi connectivity index (χ1v) is 8.27. The van der Waals surface area contributed by atoms with E-state index in [1.54, 1.807) is 35.2 Å². The third-order valence-electron chi connectivity index (χ3n) is 3.85. The lowest BCUT2D eigenvalue weighted by molar-refractivity contribution is -0.145. The van der Waals surface area contributed by atoms with E-state index in [1.165, 1.54) is 12.3 Å². The summed E-state index contributed by atoms with van der Waals surface area (Å²) in [5.41, 5.74) is 0.729. The minimum atomic E-state index is -1.04. The third kappa shape index (κ3) is 4.15. The molecule has 1 aliphatic rings. The van der Waals surface area contributed by atoms with Crippen LogP contribution in [0.5, 0.6) is 0 Å². The summed E-state index contributed by atoms with van der Waals surface area (Å²) in [6, 6.07) is 12.0. The number of nitrogens with zero attached hydrogens (tertiary/aromatic N) is 2. The molecule has 1 saturated heterocycles. The second-order valence-electron chi connectivity index (χ2n) is 5.48. The minimum Gasteiger partial charge on any atom is -0.444 e. The number of hydrogen-bond donors (Lipinski definition) is 0. The molecule has 2 heterocycles. The molecular formula is C18H17ClN2O4. The van der Waals surface area contributed by atoms with Crippen molar-refractivity contribution in [3.8, 4) is 0 Å². The van der Waals surface area contributed by atoms with Gasteiger partial charge in [0.05, 0.1) is 18.8 Å². The lowest BCUT2D eigenvalue weighted by Crippen LogP contribution is -2.44. The number of pyridine rings is 1. The van der Waals surface area contributed by atoms with Gasteiger partial charge in [0.1, 0.15) is 5.15 Å². The lowest BCUT2D eigenvalue weighted by atomic mass is 10.1. The maximum Gasteiger partial charge on any atom is 0.342 e. The van der Waals surface area contributed by atoms with Gasteiger partial charge in [-0.15, -0.1) is 0 Å². The van der Waals surface area contributed by atoms with Crippen molar-refractivity contribution in [3.05, 3.63) is 64.9 Å². The van der Waals surface area contributed by atoms with E-state index in [-0.39, 0.29) is 16.6 Å². The molecule has 2 aromatic rings. The SMILES string of the molecule is O=C(O[C@@H](C(=O)N1CCOCC1)c1ccccc1)c1cccnc1Cl. The number of morpholine rings is 1. The smallest absolute Gasteiger partial charge is 0.342 e. The van der Waals surface area contributed by atoms with Crippen LogP contribution in [0.2, 0.25) is 5.15 Å². The largest absolute Gasteiger partial charge is 0.444 e. The average Bonchev–Trinajstić information content (AvgIpc) is 2.67. The van der Waals surface area contributed by atoms with E-state index < -0.39 is 12.1 Å². The predicted octanol–water partition coefficient (Wildman–Crippen LogP) is 2.49. The Hall–Kier alpha value is -2.44. The highest BCUT2D eigenvalue weighted by Crippen LogP contribution is 2.24. The summed E-state index contributed by atoms with van der Waals surface area (Å²) in [6.07, 6.45) is 0.440. The van der Waals surface area contributed by atoms with Crippen LogP contribution in [0.25, 0.3) is 0 Å². The summed E-state index contributed by atoms with van der Waals surface area (Å²) in [5.74, 6) is -0.962. The first-order chi connectivity index (χ1) is 12.2. The van der Waals surface area contributed by atoms with E-state index in [0.717, 1.165) is 0 Å². The zero-order valence-electron chi connectivity index (χ0n) is 13.4. The molecule has 6 nitrogen and oxygen atoms in total. The van der Waals surface area contributed by atoms with Gasteiger partial charge in [-0.1, -0.05) is 41.9 Å². The Labute approximate surface area is 150 Å². The van der Waals surface area contributed by atoms with Crippen LogP contribution in [-0.4, -0.2) is 48.1 Å². The molecule has 1 aliphatic heterocycles. The van der Waals surface area contributed by atoms with Crippen LogP contribution in [0.1, 0.15) is 22.0 Å². The molecule has 1 atom stereocenters. The molecular weight excluding hydrogens is 344 g/mol. The number of amides is 1. The number of ether oxygens (including phenoxy) is 2. The molecule has 0 unspecified atom stereocenters. The van der Waals surface area contributed by atoms with Crippen LogP contribution >= 0.6 is 11.6 Å². The Bertz CT molecular complexity index is 748. The molecule has 1 aromatic carbocycles. The van der Waals surface area contributed by atoms with Crippen molar-refractivity contribution in [1.29, 1.82) is 0 Å². The van der Waals surface area contributed by atoms with E-state index in [2.05, 4.69) is 4.98 Å². The quantitative estimate of drug-likeness (QED) is 0.619. The minimum absolute atomic E-state index is 0.0399. The zero-order valence-corrected chi connectivity index (χ0v) is 14.2. The number of halogens is 1. The summed E-state index contributed by atoms with van der Waals surface area (Å²) >= 11 is 5.95. The molecule has 0 N–H and O–H groups in total. The van der Waals surface area contributed by atoms with Crippen molar-refractivity contribution in [2.24, 2.45) is 0 Å². The summed E-state index contributed by atoms with van der Waals surface area (Å²) in [5, 5.41) is 0.0399. The molecule has 0 bridgehead atoms. The highest BCUT2D eigenvalue weighted by atomic mass is 35.5. The third-order valence-corrected chi connectivity index (χ3v) is 4.15. The number of aromatic nitrogens is 1. The molecule has 130 valence electrons. The van der Waals surface area contributed by atoms with E-state index in [9.17, 15) is 9.59 Å². The van der Waals surface area contributed by atoms with Gasteiger partial charge in [0.25, 0.3) is 5.91 Å². The normalized spacial score (nSPS) is 15.5. The topological polar surface area (TPSA) is 68.7 Å². The standard InChI is InChI=1S/C18H17ClN2O4/c19-16-14(7-4-8-20-16)18(23)25-15(13-5-2-1-3-6-13)17(22)21-9-11-24-12-10-21/h1-8,15H,9-12H2/t15-/m1/s1. The summed E-state index contributed by atoms with van der Waals surface area (Å²) in [6.45, 7) is 1.87. The first-order valence-electron chi connectivity index (χ1n) is 7.90. The number of rotatable bonds is 4. The second-order valence-corrected chi connectivity index (χ2v) is 5.83. The van der Waals surface area contributed by atoms with Crippen LogP contribution in [0.3, 0.4) is 0 Å². The number of carbonyl (C=O) groups excluding carboxylic acids is 2. The van der Waals surface area contributed by atoms with Gasteiger partial charge in [-0.25, -0.2) is 9.78 Å². The van der Waals surface area contributed by atoms with E-state index in [0.29, 0.717) is 31.9 Å². The molecule has 1 fully saturated rings. The Balaban J connectivity index is 1.85. The summed E-state index contributed by atoms with van der Waals surface area (Å²) in [4.78, 5) is 30.9. The van der Waals surface area contributed by atoms with Gasteiger partial charge in [-0.2, -0.15) is 0 Å². The molecule has 0 spiro atoms. The van der Waals surface area contributed by atoms with Gasteiger partial charge in [-0.3, -0.25) is 4.79 Å². The van der Waals surface area contributed by atoms with Gasteiger partial charge >= 0.3 is 5.97 Å². The number of benzene rings is 1. The Kier molecular flexibility index (Phi) is 5.63. The average molecular weight is 361 g/mol. The van der Waals surface area contributed by atoms with E-state index >= 15 is 0 Å². The molecule has 0 saturated carbocycles. The van der Waals surface area contributed by atoms with Gasteiger partial charge in [0.15, 0.2) is 0 Å². The van der Waals surface area contributed by atoms with Crippen molar-refractivity contribution in [1.82, 2.24) is 9.88 Å². The fourth-order valence-corrected chi connectivity index (χ4v) is 2.74. The fourth-order valence-electron chi connectivity index (χ4n) is 2.55. The van der Waals surface area contributed by atoms with Gasteiger partial charge in [-0.05, 0) is 12.1 Å². The van der Waals surface area contributed by atoms with Crippen LogP contribution in [0, 0.1) is 0 Å². The fraction of sp³-hybridized carbons (Fsp3) is 0.278. The Morgan fingerprint density at radius 3 is 2.52 bits per heavy atom. The molecule has 25 heavy (non-hydrogen) atoms. The highest BCUT2D eigenvalue weighted by molar-refractivity contribution is 6.32. The van der Waals surface area contributed by atoms with Crippen molar-refractivity contribution >= 4 is 23.5 Å². The maximum absolute atomic E-state index is 12.9. The summed E-state index contributed by atoms with van der Waals surface area (Å²) < 4.78 is 10.8. The molecule has 1 amide bonds. The first kappa shape index (κ1) is 17.4. The van der Waals surface area contributed by atoms with Gasteiger partial charge in [0.2, 0.25) is 6.10 Å². The molecule has 3 rings (SSSR count). The number of hydrogen-bond acceptors (Lipinski definition) is 5. The van der Waals surface area contributed by atoms with Crippen LogP contribution < -0.4 is 0 Å². The van der Waals surface area contributed by atoms with Crippen LogP contribution in [0.4, 0.5) is 0 Å². The lowest BCUT2D eigenvalue weighted by Gasteiger charge is -2.30. The number of esters is 1. The number of carbonyl (C=O) groups is 2. The van der Waals surface area contributed by atoms with Crippen molar-refractivity contribution in [3.63, 3.8) is 0 Å². The second kappa shape index (κ2) is 8.09. The van der Waals surface area contributed by atoms with Crippen molar-refractivity contribution in [2.75, 3.05) is 26.3 Å². The maximum atomic E-state index is 12.9. The van der Waals surface area contributed by atoms with E-state index in [4.69, 9.17) is 21.1 Å². The highest BCUT2D eigenvalue weighted by Gasteiger charge is 2.31. The zero-order chi connectivity index (χ0) is 17.6. The Morgan fingerprint density at radius 2 is 1.84 bits per heavy atom. The molecule has 7 heteroatoms. The molecule has 0 radical (unpaired) electrons. The monoisotopic (exact) mass is 360 g/mol. The Morgan fingerprint density at radius 1 is 1.12 bits per heavy atom.